The second-order valence-electron chi connectivity index (χ2n) is 6.72. The summed E-state index contributed by atoms with van der Waals surface area (Å²) < 4.78 is 2.03. The van der Waals surface area contributed by atoms with Gasteiger partial charge in [0.25, 0.3) is 0 Å². The molecular weight excluding hydrogens is 372 g/mol. The molecule has 0 amide bonds. The van der Waals surface area contributed by atoms with Crippen LogP contribution >= 0.6 is 11.8 Å². The molecule has 0 spiro atoms. The van der Waals surface area contributed by atoms with Gasteiger partial charge in [0.15, 0.2) is 5.78 Å². The summed E-state index contributed by atoms with van der Waals surface area (Å²) in [4.78, 5) is 13.1. The van der Waals surface area contributed by atoms with Crippen molar-refractivity contribution in [2.24, 2.45) is 0 Å². The van der Waals surface area contributed by atoms with E-state index in [4.69, 9.17) is 10.2 Å². The van der Waals surface area contributed by atoms with E-state index in [0.717, 1.165) is 64.4 Å². The number of aliphatic hydroxyl groups excluding tert-OH is 1. The van der Waals surface area contributed by atoms with E-state index in [9.17, 15) is 4.79 Å². The zero-order valence-corrected chi connectivity index (χ0v) is 16.7. The normalized spacial score (nSPS) is 12.4. The van der Waals surface area contributed by atoms with Crippen molar-refractivity contribution in [1.29, 1.82) is 0 Å². The number of aromatic nitrogens is 2. The molecule has 7 heteroatoms. The van der Waals surface area contributed by atoms with Gasteiger partial charge in [-0.2, -0.15) is 16.9 Å². The van der Waals surface area contributed by atoms with E-state index in [1.807, 2.05) is 41.1 Å². The largest absolute Gasteiger partial charge is 0.395 e. The number of hydrogen-bond donors (Lipinski definition) is 3. The number of rotatable bonds is 9. The fraction of sp³-hybridized carbons (Fsp3) is 0.333. The maximum atomic E-state index is 13.1. The van der Waals surface area contributed by atoms with Gasteiger partial charge in [0, 0.05) is 47.5 Å². The van der Waals surface area contributed by atoms with Crippen molar-refractivity contribution in [2.75, 3.05) is 43.6 Å². The van der Waals surface area contributed by atoms with E-state index >= 15 is 0 Å². The lowest BCUT2D eigenvalue weighted by molar-refractivity contribution is 0.104. The van der Waals surface area contributed by atoms with Gasteiger partial charge in [-0.15, -0.1) is 0 Å². The Labute approximate surface area is 168 Å². The van der Waals surface area contributed by atoms with Crippen molar-refractivity contribution < 1.29 is 9.90 Å². The second-order valence-corrected chi connectivity index (χ2v) is 7.71. The Bertz CT molecular complexity index is 1020. The van der Waals surface area contributed by atoms with Gasteiger partial charge < -0.3 is 15.7 Å². The first-order valence-electron chi connectivity index (χ1n) is 9.48. The van der Waals surface area contributed by atoms with E-state index < -0.39 is 0 Å². The molecule has 1 aliphatic carbocycles. The Morgan fingerprint density at radius 2 is 1.89 bits per heavy atom. The third-order valence-corrected chi connectivity index (χ3v) is 5.57. The highest BCUT2D eigenvalue weighted by molar-refractivity contribution is 7.98. The average molecular weight is 397 g/mol. The Morgan fingerprint density at radius 1 is 1.07 bits per heavy atom. The summed E-state index contributed by atoms with van der Waals surface area (Å²) in [5, 5.41) is 21.4. The summed E-state index contributed by atoms with van der Waals surface area (Å²) >= 11 is 1.78. The van der Waals surface area contributed by atoms with Crippen LogP contribution in [0.3, 0.4) is 0 Å². The van der Waals surface area contributed by atoms with Crippen molar-refractivity contribution >= 4 is 34.1 Å². The molecule has 2 aromatic carbocycles. The molecule has 0 fully saturated rings. The van der Waals surface area contributed by atoms with E-state index in [0.29, 0.717) is 6.54 Å². The van der Waals surface area contributed by atoms with E-state index in [2.05, 4.69) is 16.9 Å². The molecule has 3 N–H and O–H groups in total. The molecule has 1 aliphatic rings. The Kier molecular flexibility index (Phi) is 5.66. The summed E-state index contributed by atoms with van der Waals surface area (Å²) in [6.07, 6.45) is 2.08. The number of carbonyl (C=O) groups excluding carboxylic acids is 1. The van der Waals surface area contributed by atoms with Crippen LogP contribution in [0.2, 0.25) is 0 Å². The van der Waals surface area contributed by atoms with Gasteiger partial charge in [-0.3, -0.25) is 9.48 Å². The Balaban J connectivity index is 1.80. The molecule has 0 saturated heterocycles. The average Bonchev–Trinajstić information content (AvgIpc) is 3.11. The van der Waals surface area contributed by atoms with Crippen molar-refractivity contribution in [3.63, 3.8) is 0 Å². The molecule has 0 saturated carbocycles. The molecule has 0 bridgehead atoms. The van der Waals surface area contributed by atoms with Gasteiger partial charge in [-0.1, -0.05) is 24.3 Å². The summed E-state index contributed by atoms with van der Waals surface area (Å²) in [6.45, 7) is 2.97. The van der Waals surface area contributed by atoms with Crippen LogP contribution in [0.1, 0.15) is 15.9 Å². The highest BCUT2D eigenvalue weighted by Gasteiger charge is 2.29. The smallest absolute Gasteiger partial charge is 0.194 e. The van der Waals surface area contributed by atoms with Crippen molar-refractivity contribution in [3.05, 3.63) is 47.5 Å². The first kappa shape index (κ1) is 19.0. The number of fused-ring (bicyclic) bond motifs is 2. The van der Waals surface area contributed by atoms with Gasteiger partial charge in [0.1, 0.15) is 5.69 Å². The molecule has 0 unspecified atom stereocenters. The molecule has 28 heavy (non-hydrogen) atoms. The maximum Gasteiger partial charge on any atom is 0.194 e. The van der Waals surface area contributed by atoms with Crippen LogP contribution in [0.5, 0.6) is 0 Å². The summed E-state index contributed by atoms with van der Waals surface area (Å²) in [5.74, 6) is 1.02. The number of aliphatic hydroxyl groups is 1. The van der Waals surface area contributed by atoms with E-state index in [1.165, 1.54) is 0 Å². The lowest BCUT2D eigenvalue weighted by atomic mass is 9.87. The van der Waals surface area contributed by atoms with Crippen LogP contribution in [-0.4, -0.2) is 58.9 Å². The van der Waals surface area contributed by atoms with Crippen LogP contribution < -0.4 is 10.6 Å². The van der Waals surface area contributed by atoms with Crippen LogP contribution in [0.25, 0.3) is 22.2 Å². The zero-order chi connectivity index (χ0) is 19.5. The predicted octanol–water partition coefficient (Wildman–Crippen LogP) is 2.60. The topological polar surface area (TPSA) is 79.2 Å². The third kappa shape index (κ3) is 3.30. The first-order chi connectivity index (χ1) is 13.8. The number of anilines is 1. The highest BCUT2D eigenvalue weighted by Crippen LogP contribution is 2.41. The number of nitrogens with one attached hydrogen (secondary N) is 2. The number of nitrogens with zero attached hydrogens (tertiary/aromatic N) is 2. The number of hydrogen-bond acceptors (Lipinski definition) is 6. The molecule has 0 aliphatic heterocycles. The number of carbonyl (C=O) groups is 1. The van der Waals surface area contributed by atoms with Crippen molar-refractivity contribution in [2.45, 2.75) is 6.54 Å². The minimum absolute atomic E-state index is 0.0636. The summed E-state index contributed by atoms with van der Waals surface area (Å²) in [7, 11) is 0. The maximum absolute atomic E-state index is 13.1. The lowest BCUT2D eigenvalue weighted by Crippen LogP contribution is -2.25. The van der Waals surface area contributed by atoms with Crippen LogP contribution in [0, 0.1) is 0 Å². The third-order valence-electron chi connectivity index (χ3n) is 4.98. The molecule has 1 heterocycles. The minimum atomic E-state index is 0.0636. The molecule has 0 atom stereocenters. The van der Waals surface area contributed by atoms with Gasteiger partial charge >= 0.3 is 0 Å². The summed E-state index contributed by atoms with van der Waals surface area (Å²) in [5.41, 5.74) is 5.23. The van der Waals surface area contributed by atoms with Gasteiger partial charge in [0.2, 0.25) is 0 Å². The molecule has 1 aromatic heterocycles. The molecule has 0 radical (unpaired) electrons. The van der Waals surface area contributed by atoms with Gasteiger partial charge in [-0.05, 0) is 18.4 Å². The fourth-order valence-electron chi connectivity index (χ4n) is 3.70. The standard InChI is InChI=1S/C21H24N4O2S/c1-28-13-11-25-20-17(23-9-8-22-10-12-26)7-6-16-18(20)19(24-25)14-4-2-3-5-15(14)21(16)27/h2-7,22-23,26H,8-13H2,1H3. The number of thioether (sulfide) groups is 1. The quantitative estimate of drug-likeness (QED) is 0.378. The highest BCUT2D eigenvalue weighted by atomic mass is 32.2. The van der Waals surface area contributed by atoms with Crippen LogP contribution in [0.4, 0.5) is 5.69 Å². The van der Waals surface area contributed by atoms with Gasteiger partial charge in [0.05, 0.1) is 24.4 Å². The predicted molar refractivity (Wildman–Crippen MR) is 115 cm³/mol. The number of aryl methyl sites for hydroxylation is 1. The van der Waals surface area contributed by atoms with Crippen LogP contribution in [-0.2, 0) is 6.54 Å². The number of ketones is 1. The van der Waals surface area contributed by atoms with E-state index in [1.54, 1.807) is 11.8 Å². The molecule has 6 nitrogen and oxygen atoms in total. The molecule has 4 rings (SSSR count). The van der Waals surface area contributed by atoms with Gasteiger partial charge in [-0.25, -0.2) is 0 Å². The summed E-state index contributed by atoms with van der Waals surface area (Å²) in [6, 6.07) is 11.6. The Hall–Kier alpha value is -2.35. The number of benzene rings is 2. The second kappa shape index (κ2) is 8.34. The fourth-order valence-corrected chi connectivity index (χ4v) is 4.06. The molecule has 146 valence electrons. The lowest BCUT2D eigenvalue weighted by Gasteiger charge is -2.16. The molecular formula is C21H24N4O2S. The molecule has 3 aromatic rings. The zero-order valence-electron chi connectivity index (χ0n) is 15.9. The first-order valence-corrected chi connectivity index (χ1v) is 10.9. The van der Waals surface area contributed by atoms with E-state index in [-0.39, 0.29) is 12.4 Å². The monoisotopic (exact) mass is 396 g/mol. The Morgan fingerprint density at radius 3 is 2.68 bits per heavy atom. The SMILES string of the molecule is CSCCn1nc2c3c(ccc(NCCNCCO)c31)C(=O)c1ccccc1-2. The minimum Gasteiger partial charge on any atom is -0.395 e. The van der Waals surface area contributed by atoms with Crippen LogP contribution in [0.15, 0.2) is 36.4 Å². The van der Waals surface area contributed by atoms with Crippen molar-refractivity contribution in [1.82, 2.24) is 15.1 Å². The van der Waals surface area contributed by atoms with Crippen molar-refractivity contribution in [3.8, 4) is 11.3 Å².